The highest BCUT2D eigenvalue weighted by Crippen LogP contribution is 2.22. The third kappa shape index (κ3) is 2.72. The lowest BCUT2D eigenvalue weighted by atomic mass is 9.97. The van der Waals surface area contributed by atoms with E-state index in [1.807, 2.05) is 18.7 Å². The molecule has 0 N–H and O–H groups in total. The lowest BCUT2D eigenvalue weighted by Gasteiger charge is -2.38. The molecule has 0 bridgehead atoms. The van der Waals surface area contributed by atoms with Crippen molar-refractivity contribution < 1.29 is 14.3 Å². The van der Waals surface area contributed by atoms with Gasteiger partial charge in [-0.25, -0.2) is 9.78 Å². The van der Waals surface area contributed by atoms with Crippen LogP contribution in [-0.4, -0.2) is 44.9 Å². The van der Waals surface area contributed by atoms with Gasteiger partial charge in [0.25, 0.3) is 5.91 Å². The third-order valence-corrected chi connectivity index (χ3v) is 5.06. The molecule has 2 aromatic heterocycles. The summed E-state index contributed by atoms with van der Waals surface area (Å²) in [5, 5.41) is 1.72. The minimum Gasteiger partial charge on any atom is -0.451 e. The van der Waals surface area contributed by atoms with Gasteiger partial charge < -0.3 is 9.64 Å². The first kappa shape index (κ1) is 15.0. The van der Waals surface area contributed by atoms with Crippen LogP contribution in [0.3, 0.4) is 0 Å². The van der Waals surface area contributed by atoms with Crippen molar-refractivity contribution in [2.75, 3.05) is 6.61 Å². The number of nitrogens with zero attached hydrogens (tertiary/aromatic N) is 3. The number of amides is 1. The molecule has 1 amide bonds. The monoisotopic (exact) mass is 321 g/mol. The molecule has 0 aliphatic carbocycles. The molecule has 0 unspecified atom stereocenters. The zero-order valence-corrected chi connectivity index (χ0v) is 13.5. The number of fused-ring (bicyclic) bond motifs is 1. The second kappa shape index (κ2) is 6.08. The van der Waals surface area contributed by atoms with E-state index in [0.717, 1.165) is 24.1 Å². The Morgan fingerprint density at radius 3 is 2.82 bits per heavy atom. The first-order chi connectivity index (χ1) is 10.6. The topological polar surface area (TPSA) is 63.9 Å². The minimum absolute atomic E-state index is 0.120. The Hall–Kier alpha value is -1.89. The van der Waals surface area contributed by atoms with Crippen molar-refractivity contribution in [2.24, 2.45) is 0 Å². The van der Waals surface area contributed by atoms with Gasteiger partial charge in [0.2, 0.25) is 0 Å². The third-order valence-electron chi connectivity index (χ3n) is 4.17. The molecule has 1 saturated heterocycles. The molecular weight excluding hydrogens is 302 g/mol. The molecule has 22 heavy (non-hydrogen) atoms. The van der Waals surface area contributed by atoms with Gasteiger partial charge in [-0.15, -0.1) is 11.3 Å². The SMILES string of the molecule is C[C@H]1CCC[C@H](C)N1C(=O)COC(=O)c1csc2cncn12. The highest BCUT2D eigenvalue weighted by Gasteiger charge is 2.29. The highest BCUT2D eigenvalue weighted by molar-refractivity contribution is 7.15. The molecule has 3 heterocycles. The molecule has 0 aromatic carbocycles. The van der Waals surface area contributed by atoms with Gasteiger partial charge in [0.1, 0.15) is 16.9 Å². The number of piperidine rings is 1. The van der Waals surface area contributed by atoms with E-state index in [-0.39, 0.29) is 24.6 Å². The molecule has 0 spiro atoms. The Morgan fingerprint density at radius 1 is 1.36 bits per heavy atom. The number of hydrogen-bond donors (Lipinski definition) is 0. The number of esters is 1. The minimum atomic E-state index is -0.491. The van der Waals surface area contributed by atoms with Crippen LogP contribution in [0.15, 0.2) is 17.9 Å². The van der Waals surface area contributed by atoms with Crippen LogP contribution >= 0.6 is 11.3 Å². The molecule has 118 valence electrons. The summed E-state index contributed by atoms with van der Waals surface area (Å²) in [4.78, 5) is 31.2. The Bertz CT molecular complexity index is 683. The molecule has 2 atom stereocenters. The largest absolute Gasteiger partial charge is 0.451 e. The Morgan fingerprint density at radius 2 is 2.09 bits per heavy atom. The maximum atomic E-state index is 12.3. The van der Waals surface area contributed by atoms with E-state index in [9.17, 15) is 9.59 Å². The van der Waals surface area contributed by atoms with E-state index in [0.29, 0.717) is 5.69 Å². The van der Waals surface area contributed by atoms with Crippen LogP contribution in [0, 0.1) is 0 Å². The number of carbonyl (C=O) groups is 2. The lowest BCUT2D eigenvalue weighted by molar-refractivity contribution is -0.140. The molecule has 7 heteroatoms. The summed E-state index contributed by atoms with van der Waals surface area (Å²) in [5.41, 5.74) is 0.407. The maximum absolute atomic E-state index is 12.3. The summed E-state index contributed by atoms with van der Waals surface area (Å²) in [5.74, 6) is -0.611. The average molecular weight is 321 g/mol. The predicted molar refractivity (Wildman–Crippen MR) is 83.0 cm³/mol. The summed E-state index contributed by atoms with van der Waals surface area (Å²) < 4.78 is 6.87. The molecule has 1 fully saturated rings. The normalized spacial score (nSPS) is 22.0. The number of rotatable bonds is 3. The summed E-state index contributed by atoms with van der Waals surface area (Å²) in [6.45, 7) is 3.88. The summed E-state index contributed by atoms with van der Waals surface area (Å²) >= 11 is 1.42. The lowest BCUT2D eigenvalue weighted by Crippen LogP contribution is -2.49. The maximum Gasteiger partial charge on any atom is 0.356 e. The van der Waals surface area contributed by atoms with Gasteiger partial charge in [0, 0.05) is 17.5 Å². The fourth-order valence-electron chi connectivity index (χ4n) is 3.06. The van der Waals surface area contributed by atoms with Crippen LogP contribution in [-0.2, 0) is 9.53 Å². The number of likely N-dealkylation sites (tertiary alicyclic amines) is 1. The van der Waals surface area contributed by atoms with Crippen LogP contribution in [0.5, 0.6) is 0 Å². The zero-order valence-electron chi connectivity index (χ0n) is 12.7. The molecule has 1 aliphatic heterocycles. The van der Waals surface area contributed by atoms with Crippen LogP contribution < -0.4 is 0 Å². The summed E-state index contributed by atoms with van der Waals surface area (Å²) in [7, 11) is 0. The Labute approximate surface area is 132 Å². The predicted octanol–water partition coefficient (Wildman–Crippen LogP) is 2.34. The molecule has 3 rings (SSSR count). The van der Waals surface area contributed by atoms with Gasteiger partial charge in [-0.3, -0.25) is 9.20 Å². The van der Waals surface area contributed by atoms with Gasteiger partial charge >= 0.3 is 5.97 Å². The number of aromatic nitrogens is 2. The number of imidazole rings is 1. The summed E-state index contributed by atoms with van der Waals surface area (Å²) in [6.07, 6.45) is 6.40. The van der Waals surface area contributed by atoms with E-state index >= 15 is 0 Å². The van der Waals surface area contributed by atoms with Crippen molar-refractivity contribution in [3.63, 3.8) is 0 Å². The van der Waals surface area contributed by atoms with Crippen molar-refractivity contribution in [2.45, 2.75) is 45.2 Å². The van der Waals surface area contributed by atoms with Gasteiger partial charge in [-0.05, 0) is 33.1 Å². The Balaban J connectivity index is 1.63. The molecule has 1 aliphatic rings. The van der Waals surface area contributed by atoms with Crippen molar-refractivity contribution in [1.82, 2.24) is 14.3 Å². The molecule has 6 nitrogen and oxygen atoms in total. The van der Waals surface area contributed by atoms with E-state index in [2.05, 4.69) is 4.98 Å². The van der Waals surface area contributed by atoms with Crippen LogP contribution in [0.1, 0.15) is 43.6 Å². The standard InChI is InChI=1S/C15H19N3O3S/c1-10-4-3-5-11(2)18(10)13(19)7-21-15(20)12-8-22-14-6-16-9-17(12)14/h6,8-11H,3-5,7H2,1-2H3/t10-,11-/m0/s1. The second-order valence-electron chi connectivity index (χ2n) is 5.73. The first-order valence-electron chi connectivity index (χ1n) is 7.45. The van der Waals surface area contributed by atoms with Crippen molar-refractivity contribution in [3.05, 3.63) is 23.6 Å². The van der Waals surface area contributed by atoms with Crippen LogP contribution in [0.25, 0.3) is 4.83 Å². The number of ether oxygens (including phenoxy) is 1. The molecule has 0 saturated carbocycles. The number of carbonyl (C=O) groups excluding carboxylic acids is 2. The van der Waals surface area contributed by atoms with E-state index in [1.165, 1.54) is 11.3 Å². The number of hydrogen-bond acceptors (Lipinski definition) is 5. The average Bonchev–Trinajstić information content (AvgIpc) is 3.07. The van der Waals surface area contributed by atoms with Crippen LogP contribution in [0.4, 0.5) is 0 Å². The van der Waals surface area contributed by atoms with Gasteiger partial charge in [0.05, 0.1) is 6.20 Å². The van der Waals surface area contributed by atoms with Crippen molar-refractivity contribution in [1.29, 1.82) is 0 Å². The fourth-order valence-corrected chi connectivity index (χ4v) is 3.88. The fraction of sp³-hybridized carbons (Fsp3) is 0.533. The van der Waals surface area contributed by atoms with E-state index < -0.39 is 5.97 Å². The van der Waals surface area contributed by atoms with Crippen molar-refractivity contribution >= 4 is 28.0 Å². The van der Waals surface area contributed by atoms with Gasteiger partial charge in [-0.2, -0.15) is 0 Å². The summed E-state index contributed by atoms with van der Waals surface area (Å²) in [6, 6.07) is 0.410. The number of thiazole rings is 1. The second-order valence-corrected chi connectivity index (χ2v) is 6.62. The Kier molecular flexibility index (Phi) is 4.15. The van der Waals surface area contributed by atoms with Crippen molar-refractivity contribution in [3.8, 4) is 0 Å². The first-order valence-corrected chi connectivity index (χ1v) is 8.33. The van der Waals surface area contributed by atoms with E-state index in [4.69, 9.17) is 4.74 Å². The molecule has 2 aromatic rings. The quantitative estimate of drug-likeness (QED) is 0.814. The molecular formula is C15H19N3O3S. The van der Waals surface area contributed by atoms with E-state index in [1.54, 1.807) is 22.3 Å². The smallest absolute Gasteiger partial charge is 0.356 e. The zero-order chi connectivity index (χ0) is 15.7. The molecule has 0 radical (unpaired) electrons. The highest BCUT2D eigenvalue weighted by atomic mass is 32.1. The van der Waals surface area contributed by atoms with Crippen LogP contribution in [0.2, 0.25) is 0 Å². The van der Waals surface area contributed by atoms with Gasteiger partial charge in [0.15, 0.2) is 6.61 Å². The van der Waals surface area contributed by atoms with Gasteiger partial charge in [-0.1, -0.05) is 0 Å².